The number of ether oxygens (including phenoxy) is 2. The third-order valence-corrected chi connectivity index (χ3v) is 6.68. The lowest BCUT2D eigenvalue weighted by atomic mass is 9.78. The van der Waals surface area contributed by atoms with Crippen molar-refractivity contribution in [1.29, 1.82) is 5.41 Å². The van der Waals surface area contributed by atoms with E-state index in [1.807, 2.05) is 0 Å². The van der Waals surface area contributed by atoms with Gasteiger partial charge < -0.3 is 20.1 Å². The van der Waals surface area contributed by atoms with E-state index in [0.717, 1.165) is 45.6 Å². The Hall–Kier alpha value is -2.58. The second-order valence-electron chi connectivity index (χ2n) is 8.02. The highest BCUT2D eigenvalue weighted by atomic mass is 35.5. The molecule has 2 saturated heterocycles. The van der Waals surface area contributed by atoms with Crippen LogP contribution in [0.25, 0.3) is 0 Å². The number of anilines is 2. The van der Waals surface area contributed by atoms with Crippen molar-refractivity contribution in [2.75, 3.05) is 44.0 Å². The molecule has 30 heavy (non-hydrogen) atoms. The number of nitrogens with one attached hydrogen (secondary N) is 1. The molecule has 0 atom stereocenters. The molecule has 8 nitrogen and oxygen atoms in total. The van der Waals surface area contributed by atoms with Crippen LogP contribution < -0.4 is 20.9 Å². The quantitative estimate of drug-likeness (QED) is 0.720. The molecule has 2 aliphatic rings. The Morgan fingerprint density at radius 3 is 2.70 bits per heavy atom. The molecule has 3 heterocycles. The van der Waals surface area contributed by atoms with E-state index < -0.39 is 0 Å². The molecule has 160 valence electrons. The Balaban J connectivity index is 1.66. The van der Waals surface area contributed by atoms with Gasteiger partial charge in [0.2, 0.25) is 5.95 Å². The zero-order chi connectivity index (χ0) is 21.5. The van der Waals surface area contributed by atoms with Gasteiger partial charge in [0.1, 0.15) is 17.1 Å². The standard InChI is InChI=1S/C21H26ClN5O3/c1-26-19(28)15(17(23)13-4-3-5-14(29-2)16(13)22)18(24)25-20(26)27-9-6-21(7-10-27)8-11-30-12-21/h3-5,23H,6-12,24H2,1-2H3. The summed E-state index contributed by atoms with van der Waals surface area (Å²) in [5.41, 5.74) is 6.41. The predicted octanol–water partition coefficient (Wildman–Crippen LogP) is 2.45. The Bertz CT molecular complexity index is 1040. The summed E-state index contributed by atoms with van der Waals surface area (Å²) in [7, 11) is 3.16. The molecule has 9 heteroatoms. The third kappa shape index (κ3) is 3.44. The molecule has 1 aromatic heterocycles. The summed E-state index contributed by atoms with van der Waals surface area (Å²) >= 11 is 6.36. The highest BCUT2D eigenvalue weighted by molar-refractivity contribution is 6.36. The lowest BCUT2D eigenvalue weighted by Crippen LogP contribution is -2.43. The lowest BCUT2D eigenvalue weighted by molar-refractivity contribution is 0.133. The van der Waals surface area contributed by atoms with E-state index in [2.05, 4.69) is 9.88 Å². The molecule has 1 aromatic carbocycles. The van der Waals surface area contributed by atoms with Crippen LogP contribution in [-0.4, -0.2) is 48.7 Å². The number of halogens is 1. The van der Waals surface area contributed by atoms with Crippen LogP contribution in [0.4, 0.5) is 11.8 Å². The van der Waals surface area contributed by atoms with Crippen molar-refractivity contribution in [3.63, 3.8) is 0 Å². The molecule has 0 saturated carbocycles. The molecule has 2 aromatic rings. The Morgan fingerprint density at radius 2 is 2.07 bits per heavy atom. The minimum atomic E-state index is -0.370. The maximum absolute atomic E-state index is 13.2. The van der Waals surface area contributed by atoms with Crippen LogP contribution >= 0.6 is 11.6 Å². The van der Waals surface area contributed by atoms with Gasteiger partial charge in [-0.2, -0.15) is 4.98 Å². The monoisotopic (exact) mass is 431 g/mol. The number of hydrogen-bond donors (Lipinski definition) is 2. The van der Waals surface area contributed by atoms with Crippen LogP contribution in [0.1, 0.15) is 30.4 Å². The molecule has 2 aliphatic heterocycles. The molecular formula is C21H26ClN5O3. The normalized spacial score (nSPS) is 18.0. The van der Waals surface area contributed by atoms with Gasteiger partial charge in [-0.15, -0.1) is 0 Å². The highest BCUT2D eigenvalue weighted by Crippen LogP contribution is 2.40. The van der Waals surface area contributed by atoms with Gasteiger partial charge in [-0.3, -0.25) is 14.8 Å². The zero-order valence-electron chi connectivity index (χ0n) is 17.2. The van der Waals surface area contributed by atoms with Gasteiger partial charge in [0.05, 0.1) is 24.5 Å². The van der Waals surface area contributed by atoms with Crippen molar-refractivity contribution in [3.8, 4) is 5.75 Å². The SMILES string of the molecule is COc1cccc(C(=N)c2c(N)nc(N3CCC4(CCOC4)CC3)n(C)c2=O)c1Cl. The molecular weight excluding hydrogens is 406 g/mol. The summed E-state index contributed by atoms with van der Waals surface area (Å²) in [6.07, 6.45) is 3.09. The number of aromatic nitrogens is 2. The molecule has 0 amide bonds. The fourth-order valence-electron chi connectivity index (χ4n) is 4.35. The molecule has 0 unspecified atom stereocenters. The second kappa shape index (κ2) is 7.92. The van der Waals surface area contributed by atoms with Gasteiger partial charge in [0.25, 0.3) is 5.56 Å². The summed E-state index contributed by atoms with van der Waals surface area (Å²) in [4.78, 5) is 19.8. The van der Waals surface area contributed by atoms with Gasteiger partial charge in [0, 0.05) is 32.3 Å². The van der Waals surface area contributed by atoms with Crippen LogP contribution in [0.5, 0.6) is 5.75 Å². The van der Waals surface area contributed by atoms with Gasteiger partial charge in [-0.05, 0) is 30.7 Å². The first kappa shape index (κ1) is 20.7. The van der Waals surface area contributed by atoms with Crippen LogP contribution in [0.3, 0.4) is 0 Å². The summed E-state index contributed by atoms with van der Waals surface area (Å²) in [6.45, 7) is 3.23. The smallest absolute Gasteiger partial charge is 0.266 e. The van der Waals surface area contributed by atoms with E-state index in [9.17, 15) is 4.79 Å². The maximum Gasteiger partial charge on any atom is 0.266 e. The number of hydrogen-bond acceptors (Lipinski definition) is 7. The number of methoxy groups -OCH3 is 1. The van der Waals surface area contributed by atoms with E-state index >= 15 is 0 Å². The number of benzene rings is 1. The number of nitrogens with zero attached hydrogens (tertiary/aromatic N) is 3. The average molecular weight is 432 g/mol. The summed E-state index contributed by atoms with van der Waals surface area (Å²) < 4.78 is 12.3. The lowest BCUT2D eigenvalue weighted by Gasteiger charge is -2.39. The minimum Gasteiger partial charge on any atom is -0.495 e. The second-order valence-corrected chi connectivity index (χ2v) is 8.40. The largest absolute Gasteiger partial charge is 0.495 e. The number of nitrogen functional groups attached to an aromatic ring is 1. The van der Waals surface area contributed by atoms with E-state index in [0.29, 0.717) is 17.3 Å². The van der Waals surface area contributed by atoms with E-state index in [-0.39, 0.29) is 33.1 Å². The zero-order valence-corrected chi connectivity index (χ0v) is 18.0. The van der Waals surface area contributed by atoms with Crippen LogP contribution in [0.2, 0.25) is 5.02 Å². The summed E-state index contributed by atoms with van der Waals surface area (Å²) in [5, 5.41) is 8.84. The first-order valence-electron chi connectivity index (χ1n) is 9.98. The average Bonchev–Trinajstić information content (AvgIpc) is 3.19. The van der Waals surface area contributed by atoms with Crippen LogP contribution in [0, 0.1) is 10.8 Å². The Labute approximate surface area is 180 Å². The van der Waals surface area contributed by atoms with Crippen molar-refractivity contribution in [3.05, 3.63) is 44.7 Å². The topological polar surface area (TPSA) is 106 Å². The Kier molecular flexibility index (Phi) is 5.46. The van der Waals surface area contributed by atoms with Crippen molar-refractivity contribution < 1.29 is 9.47 Å². The van der Waals surface area contributed by atoms with E-state index in [1.54, 1.807) is 25.2 Å². The highest BCUT2D eigenvalue weighted by Gasteiger charge is 2.39. The minimum absolute atomic E-state index is 0.0291. The molecule has 0 aliphatic carbocycles. The molecule has 0 radical (unpaired) electrons. The van der Waals surface area contributed by atoms with Gasteiger partial charge in [-0.25, -0.2) is 0 Å². The first-order valence-corrected chi connectivity index (χ1v) is 10.4. The van der Waals surface area contributed by atoms with Gasteiger partial charge in [-0.1, -0.05) is 23.7 Å². The van der Waals surface area contributed by atoms with Gasteiger partial charge >= 0.3 is 0 Å². The van der Waals surface area contributed by atoms with E-state index in [1.165, 1.54) is 11.7 Å². The predicted molar refractivity (Wildman–Crippen MR) is 117 cm³/mol. The number of piperidine rings is 1. The molecule has 4 rings (SSSR count). The molecule has 3 N–H and O–H groups in total. The van der Waals surface area contributed by atoms with Gasteiger partial charge in [0.15, 0.2) is 0 Å². The van der Waals surface area contributed by atoms with Crippen molar-refractivity contribution >= 4 is 29.1 Å². The fourth-order valence-corrected chi connectivity index (χ4v) is 4.64. The van der Waals surface area contributed by atoms with Crippen molar-refractivity contribution in [2.24, 2.45) is 12.5 Å². The number of rotatable bonds is 4. The maximum atomic E-state index is 13.2. The summed E-state index contributed by atoms with van der Waals surface area (Å²) in [6, 6.07) is 5.07. The summed E-state index contributed by atoms with van der Waals surface area (Å²) in [5.74, 6) is 0.984. The van der Waals surface area contributed by atoms with Crippen LogP contribution in [0.15, 0.2) is 23.0 Å². The van der Waals surface area contributed by atoms with E-state index in [4.69, 9.17) is 32.2 Å². The van der Waals surface area contributed by atoms with Crippen molar-refractivity contribution in [2.45, 2.75) is 19.3 Å². The van der Waals surface area contributed by atoms with Crippen LogP contribution in [-0.2, 0) is 11.8 Å². The van der Waals surface area contributed by atoms with Crippen molar-refractivity contribution in [1.82, 2.24) is 9.55 Å². The molecule has 2 fully saturated rings. The number of nitrogens with two attached hydrogens (primary N) is 1. The molecule has 1 spiro atoms. The molecule has 0 bridgehead atoms. The first-order chi connectivity index (χ1) is 14.4. The Morgan fingerprint density at radius 1 is 1.33 bits per heavy atom. The fraction of sp³-hybridized carbons (Fsp3) is 0.476. The third-order valence-electron chi connectivity index (χ3n) is 6.29.